The van der Waals surface area contributed by atoms with E-state index in [1.54, 1.807) is 24.3 Å². The molecule has 0 atom stereocenters. The first kappa shape index (κ1) is 18.7. The number of aromatic nitrogens is 1. The van der Waals surface area contributed by atoms with E-state index in [9.17, 15) is 27.9 Å². The summed E-state index contributed by atoms with van der Waals surface area (Å²) in [6.07, 6.45) is -1.89. The molecular formula is C21H13F3N2O3. The highest BCUT2D eigenvalue weighted by atomic mass is 19.4. The zero-order valence-electron chi connectivity index (χ0n) is 14.8. The van der Waals surface area contributed by atoms with Crippen LogP contribution in [0.4, 0.5) is 18.9 Å². The Labute approximate surface area is 163 Å². The molecule has 1 aliphatic rings. The predicted octanol–water partition coefficient (Wildman–Crippen LogP) is 4.63. The zero-order valence-corrected chi connectivity index (χ0v) is 14.8. The fraction of sp³-hybridized carbons (Fsp3) is 0.0952. The molecule has 1 aliphatic heterocycles. The molecule has 0 unspecified atom stereocenters. The monoisotopic (exact) mass is 398 g/mol. The van der Waals surface area contributed by atoms with Crippen LogP contribution in [0.3, 0.4) is 0 Å². The van der Waals surface area contributed by atoms with E-state index in [-0.39, 0.29) is 23.2 Å². The highest BCUT2D eigenvalue weighted by Crippen LogP contribution is 2.39. The third-order valence-electron chi connectivity index (χ3n) is 4.79. The number of aromatic carboxylic acids is 1. The molecular weight excluding hydrogens is 385 g/mol. The van der Waals surface area contributed by atoms with Gasteiger partial charge in [0.2, 0.25) is 0 Å². The Morgan fingerprint density at radius 2 is 1.83 bits per heavy atom. The number of alkyl halides is 3. The van der Waals surface area contributed by atoms with E-state index in [0.717, 1.165) is 6.07 Å². The Hall–Kier alpha value is -3.68. The van der Waals surface area contributed by atoms with Gasteiger partial charge in [-0.25, -0.2) is 4.79 Å². The van der Waals surface area contributed by atoms with Gasteiger partial charge in [-0.1, -0.05) is 18.2 Å². The minimum Gasteiger partial charge on any atom is -0.478 e. The number of benzene rings is 2. The van der Waals surface area contributed by atoms with Crippen LogP contribution in [0.25, 0.3) is 11.1 Å². The average molecular weight is 398 g/mol. The molecule has 0 radical (unpaired) electrons. The van der Waals surface area contributed by atoms with Crippen molar-refractivity contribution in [2.45, 2.75) is 12.7 Å². The molecule has 3 aromatic rings. The maximum Gasteiger partial charge on any atom is 0.416 e. The Morgan fingerprint density at radius 3 is 2.55 bits per heavy atom. The van der Waals surface area contributed by atoms with Gasteiger partial charge in [-0.05, 0) is 47.0 Å². The van der Waals surface area contributed by atoms with Gasteiger partial charge >= 0.3 is 12.1 Å². The molecule has 29 heavy (non-hydrogen) atoms. The third kappa shape index (κ3) is 3.22. The molecule has 0 aliphatic carbocycles. The fourth-order valence-corrected chi connectivity index (χ4v) is 3.46. The van der Waals surface area contributed by atoms with Crippen LogP contribution in [-0.2, 0) is 12.7 Å². The lowest BCUT2D eigenvalue weighted by molar-refractivity contribution is -0.138. The molecule has 2 aromatic carbocycles. The lowest BCUT2D eigenvalue weighted by atomic mass is 10.0. The first-order valence-electron chi connectivity index (χ1n) is 8.56. The number of amides is 1. The normalized spacial score (nSPS) is 13.5. The number of rotatable bonds is 3. The Kier molecular flexibility index (Phi) is 4.34. The first-order chi connectivity index (χ1) is 13.8. The van der Waals surface area contributed by atoms with Crippen LogP contribution in [0.5, 0.6) is 0 Å². The van der Waals surface area contributed by atoms with Crippen molar-refractivity contribution in [2.24, 2.45) is 0 Å². The van der Waals surface area contributed by atoms with Gasteiger partial charge in [0, 0.05) is 23.6 Å². The number of hydrogen-bond donors (Lipinski definition) is 1. The smallest absolute Gasteiger partial charge is 0.416 e. The van der Waals surface area contributed by atoms with Crippen LogP contribution < -0.4 is 4.90 Å². The summed E-state index contributed by atoms with van der Waals surface area (Å²) < 4.78 is 39.9. The summed E-state index contributed by atoms with van der Waals surface area (Å²) in [5, 5.41) is 9.36. The number of carbonyl (C=O) groups is 2. The number of carboxylic acid groups (broad SMARTS) is 1. The molecule has 0 bridgehead atoms. The highest BCUT2D eigenvalue weighted by molar-refractivity contribution is 6.10. The van der Waals surface area contributed by atoms with Crippen LogP contribution in [0, 0.1) is 0 Å². The maximum atomic E-state index is 13.3. The topological polar surface area (TPSA) is 70.5 Å². The van der Waals surface area contributed by atoms with Crippen molar-refractivity contribution in [1.82, 2.24) is 4.98 Å². The minimum atomic E-state index is -4.56. The Morgan fingerprint density at radius 1 is 1.07 bits per heavy atom. The second-order valence-corrected chi connectivity index (χ2v) is 6.50. The molecule has 5 nitrogen and oxygen atoms in total. The van der Waals surface area contributed by atoms with Crippen molar-refractivity contribution in [3.63, 3.8) is 0 Å². The van der Waals surface area contributed by atoms with Crippen molar-refractivity contribution in [3.05, 3.63) is 83.2 Å². The zero-order chi connectivity index (χ0) is 20.8. The van der Waals surface area contributed by atoms with Crippen molar-refractivity contribution in [1.29, 1.82) is 0 Å². The quantitative estimate of drug-likeness (QED) is 0.699. The highest BCUT2D eigenvalue weighted by Gasteiger charge is 2.39. The standard InChI is InChI=1S/C21H13F3N2O3/c22-21(23,24)18-6-2-5-15-17(18)11-26(19(15)27)13-4-1-3-12(9-13)14-7-8-25-10-16(14)20(28)29/h1-10H,11H2,(H,28,29). The maximum absolute atomic E-state index is 13.3. The van der Waals surface area contributed by atoms with Gasteiger partial charge in [0.1, 0.15) is 0 Å². The molecule has 0 spiro atoms. The summed E-state index contributed by atoms with van der Waals surface area (Å²) in [6, 6.07) is 11.6. The van der Waals surface area contributed by atoms with E-state index in [1.807, 2.05) is 0 Å². The van der Waals surface area contributed by atoms with Gasteiger partial charge in [-0.2, -0.15) is 13.2 Å². The van der Waals surface area contributed by atoms with Crippen LogP contribution in [0.1, 0.15) is 31.8 Å². The lowest BCUT2D eigenvalue weighted by Gasteiger charge is -2.18. The fourth-order valence-electron chi connectivity index (χ4n) is 3.46. The second-order valence-electron chi connectivity index (χ2n) is 6.50. The van der Waals surface area contributed by atoms with E-state index in [0.29, 0.717) is 16.8 Å². The molecule has 1 N–H and O–H groups in total. The average Bonchev–Trinajstić information content (AvgIpc) is 3.04. The number of hydrogen-bond acceptors (Lipinski definition) is 3. The molecule has 8 heteroatoms. The van der Waals surface area contributed by atoms with Crippen molar-refractivity contribution >= 4 is 17.6 Å². The van der Waals surface area contributed by atoms with Crippen LogP contribution in [0.15, 0.2) is 60.9 Å². The van der Waals surface area contributed by atoms with E-state index in [4.69, 9.17) is 0 Å². The molecule has 2 heterocycles. The number of pyridine rings is 1. The second kappa shape index (κ2) is 6.73. The van der Waals surface area contributed by atoms with E-state index >= 15 is 0 Å². The Bertz CT molecular complexity index is 1140. The molecule has 146 valence electrons. The number of halogens is 3. The largest absolute Gasteiger partial charge is 0.478 e. The molecule has 1 aromatic heterocycles. The Balaban J connectivity index is 1.76. The molecule has 1 amide bonds. The summed E-state index contributed by atoms with van der Waals surface area (Å²) in [7, 11) is 0. The van der Waals surface area contributed by atoms with Crippen LogP contribution in [0.2, 0.25) is 0 Å². The first-order valence-corrected chi connectivity index (χ1v) is 8.56. The van der Waals surface area contributed by atoms with Gasteiger partial charge in [0.25, 0.3) is 5.91 Å². The van der Waals surface area contributed by atoms with Gasteiger partial charge in [-0.15, -0.1) is 0 Å². The number of anilines is 1. The summed E-state index contributed by atoms with van der Waals surface area (Å²) in [5.41, 5.74) is 0.400. The van der Waals surface area contributed by atoms with Gasteiger partial charge in [0.05, 0.1) is 17.7 Å². The number of carboxylic acids is 1. The molecule has 4 rings (SSSR count). The predicted molar refractivity (Wildman–Crippen MR) is 98.6 cm³/mol. The van der Waals surface area contributed by atoms with E-state index < -0.39 is 23.6 Å². The van der Waals surface area contributed by atoms with Crippen molar-refractivity contribution in [3.8, 4) is 11.1 Å². The lowest BCUT2D eigenvalue weighted by Crippen LogP contribution is -2.23. The van der Waals surface area contributed by atoms with Crippen molar-refractivity contribution in [2.75, 3.05) is 4.90 Å². The summed E-state index contributed by atoms with van der Waals surface area (Å²) >= 11 is 0. The molecule has 0 saturated heterocycles. The van der Waals surface area contributed by atoms with Crippen LogP contribution in [-0.4, -0.2) is 22.0 Å². The summed E-state index contributed by atoms with van der Waals surface area (Å²) in [6.45, 7) is -0.213. The third-order valence-corrected chi connectivity index (χ3v) is 4.79. The minimum absolute atomic E-state index is 0.0138. The number of fused-ring (bicyclic) bond motifs is 1. The number of nitrogens with zero attached hydrogens (tertiary/aromatic N) is 2. The van der Waals surface area contributed by atoms with E-state index in [2.05, 4.69) is 4.98 Å². The molecule has 0 fully saturated rings. The van der Waals surface area contributed by atoms with Crippen molar-refractivity contribution < 1.29 is 27.9 Å². The van der Waals surface area contributed by atoms with Gasteiger partial charge in [0.15, 0.2) is 0 Å². The number of carbonyl (C=O) groups excluding carboxylic acids is 1. The SMILES string of the molecule is O=C(O)c1cnccc1-c1cccc(N2Cc3c(cccc3C(F)(F)F)C2=O)c1. The molecule has 0 saturated carbocycles. The summed E-state index contributed by atoms with van der Waals surface area (Å²) in [5.74, 6) is -1.69. The van der Waals surface area contributed by atoms with E-state index in [1.165, 1.54) is 35.5 Å². The van der Waals surface area contributed by atoms with Gasteiger partial charge in [-0.3, -0.25) is 9.78 Å². The van der Waals surface area contributed by atoms with Crippen LogP contribution >= 0.6 is 0 Å². The van der Waals surface area contributed by atoms with Gasteiger partial charge < -0.3 is 10.0 Å². The summed E-state index contributed by atoms with van der Waals surface area (Å²) in [4.78, 5) is 29.3.